The predicted molar refractivity (Wildman–Crippen MR) is 96.2 cm³/mol. The summed E-state index contributed by atoms with van der Waals surface area (Å²) in [5, 5.41) is 2.92. The van der Waals surface area contributed by atoms with E-state index in [9.17, 15) is 14.4 Å². The number of hydrogen-bond acceptors (Lipinski definition) is 4. The zero-order chi connectivity index (χ0) is 18.7. The highest BCUT2D eigenvalue weighted by atomic mass is 16.6. The fourth-order valence-electron chi connectivity index (χ4n) is 3.71. The van der Waals surface area contributed by atoms with E-state index in [0.717, 1.165) is 12.0 Å². The van der Waals surface area contributed by atoms with E-state index in [1.807, 2.05) is 30.3 Å². The Morgan fingerprint density at radius 2 is 1.85 bits per heavy atom. The maximum absolute atomic E-state index is 12.8. The molecule has 2 aliphatic heterocycles. The van der Waals surface area contributed by atoms with E-state index < -0.39 is 11.6 Å². The maximum atomic E-state index is 12.8. The van der Waals surface area contributed by atoms with Crippen LogP contribution in [0.4, 0.5) is 0 Å². The SMILES string of the molecule is CC(=O)N1CCC2(CC1)OC(=O)C(C)=C2C(=O)NCCc1ccccc1. The van der Waals surface area contributed by atoms with Crippen LogP contribution in [0.15, 0.2) is 41.5 Å². The van der Waals surface area contributed by atoms with Gasteiger partial charge in [-0.1, -0.05) is 30.3 Å². The minimum atomic E-state index is -0.899. The number of nitrogens with one attached hydrogen (secondary N) is 1. The Labute approximate surface area is 153 Å². The normalized spacial score (nSPS) is 18.8. The summed E-state index contributed by atoms with van der Waals surface area (Å²) in [4.78, 5) is 38.2. The first-order chi connectivity index (χ1) is 12.4. The Kier molecular flexibility index (Phi) is 5.11. The maximum Gasteiger partial charge on any atom is 0.335 e. The summed E-state index contributed by atoms with van der Waals surface area (Å²) in [5.41, 5.74) is 1.04. The number of piperidine rings is 1. The third-order valence-electron chi connectivity index (χ3n) is 5.21. The number of carbonyl (C=O) groups excluding carboxylic acids is 3. The average Bonchev–Trinajstić information content (AvgIpc) is 2.86. The largest absolute Gasteiger partial charge is 0.450 e. The molecule has 0 aliphatic carbocycles. The van der Waals surface area contributed by atoms with Gasteiger partial charge in [-0.2, -0.15) is 0 Å². The van der Waals surface area contributed by atoms with Gasteiger partial charge in [-0.05, 0) is 18.9 Å². The van der Waals surface area contributed by atoms with E-state index in [0.29, 0.717) is 43.6 Å². The number of likely N-dealkylation sites (tertiary alicyclic amines) is 1. The van der Waals surface area contributed by atoms with Crippen LogP contribution in [-0.4, -0.2) is 47.9 Å². The van der Waals surface area contributed by atoms with Crippen LogP contribution in [0.5, 0.6) is 0 Å². The van der Waals surface area contributed by atoms with Crippen LogP contribution in [0.2, 0.25) is 0 Å². The molecule has 0 radical (unpaired) electrons. The first-order valence-electron chi connectivity index (χ1n) is 8.95. The molecule has 0 atom stereocenters. The molecule has 0 bridgehead atoms. The van der Waals surface area contributed by atoms with Crippen LogP contribution in [-0.2, 0) is 25.5 Å². The topological polar surface area (TPSA) is 75.7 Å². The summed E-state index contributed by atoms with van der Waals surface area (Å²) in [6.45, 7) is 4.62. The van der Waals surface area contributed by atoms with Crippen molar-refractivity contribution in [3.63, 3.8) is 0 Å². The molecule has 1 fully saturated rings. The van der Waals surface area contributed by atoms with Crippen LogP contribution < -0.4 is 5.32 Å². The van der Waals surface area contributed by atoms with Crippen molar-refractivity contribution in [3.8, 4) is 0 Å². The van der Waals surface area contributed by atoms with Crippen molar-refractivity contribution >= 4 is 17.8 Å². The second-order valence-corrected chi connectivity index (χ2v) is 6.88. The van der Waals surface area contributed by atoms with Crippen molar-refractivity contribution < 1.29 is 19.1 Å². The number of benzene rings is 1. The highest BCUT2D eigenvalue weighted by Crippen LogP contribution is 2.41. The van der Waals surface area contributed by atoms with Gasteiger partial charge in [-0.25, -0.2) is 4.79 Å². The molecule has 2 aliphatic rings. The Balaban J connectivity index is 1.68. The van der Waals surface area contributed by atoms with Crippen molar-refractivity contribution in [2.75, 3.05) is 19.6 Å². The van der Waals surface area contributed by atoms with E-state index >= 15 is 0 Å². The molecule has 26 heavy (non-hydrogen) atoms. The molecule has 1 saturated heterocycles. The van der Waals surface area contributed by atoms with Crippen LogP contribution >= 0.6 is 0 Å². The molecule has 3 rings (SSSR count). The van der Waals surface area contributed by atoms with Crippen molar-refractivity contribution in [1.29, 1.82) is 0 Å². The average molecular weight is 356 g/mol. The standard InChI is InChI=1S/C20H24N2O4/c1-14-17(18(24)21-11-8-16-6-4-3-5-7-16)20(26-19(14)25)9-12-22(13-10-20)15(2)23/h3-7H,8-13H2,1-2H3,(H,21,24). The lowest BCUT2D eigenvalue weighted by Gasteiger charge is -2.39. The number of ether oxygens (including phenoxy) is 1. The van der Waals surface area contributed by atoms with Gasteiger partial charge in [-0.15, -0.1) is 0 Å². The van der Waals surface area contributed by atoms with Gasteiger partial charge in [0.05, 0.1) is 5.57 Å². The third kappa shape index (κ3) is 3.49. The van der Waals surface area contributed by atoms with Gasteiger partial charge in [0, 0.05) is 45.0 Å². The quantitative estimate of drug-likeness (QED) is 0.832. The molecule has 1 aromatic carbocycles. The van der Waals surface area contributed by atoms with E-state index in [1.165, 1.54) is 6.92 Å². The molecule has 6 nitrogen and oxygen atoms in total. The summed E-state index contributed by atoms with van der Waals surface area (Å²) in [6.07, 6.45) is 1.63. The van der Waals surface area contributed by atoms with Crippen LogP contribution in [0.1, 0.15) is 32.3 Å². The van der Waals surface area contributed by atoms with Gasteiger partial charge in [0.1, 0.15) is 5.60 Å². The molecule has 0 saturated carbocycles. The number of rotatable bonds is 4. The van der Waals surface area contributed by atoms with Gasteiger partial charge in [0.2, 0.25) is 5.91 Å². The van der Waals surface area contributed by atoms with E-state index in [2.05, 4.69) is 5.32 Å². The first-order valence-corrected chi connectivity index (χ1v) is 8.95. The van der Waals surface area contributed by atoms with Crippen LogP contribution in [0.25, 0.3) is 0 Å². The zero-order valence-corrected chi connectivity index (χ0v) is 15.2. The van der Waals surface area contributed by atoms with Gasteiger partial charge in [-0.3, -0.25) is 9.59 Å². The molecule has 1 spiro atoms. The second kappa shape index (κ2) is 7.32. The first kappa shape index (κ1) is 18.2. The molecular formula is C20H24N2O4. The molecule has 2 amide bonds. The lowest BCUT2D eigenvalue weighted by Crippen LogP contribution is -2.50. The van der Waals surface area contributed by atoms with E-state index in [4.69, 9.17) is 4.74 Å². The third-order valence-corrected chi connectivity index (χ3v) is 5.21. The molecular weight excluding hydrogens is 332 g/mol. The highest BCUT2D eigenvalue weighted by Gasteiger charge is 2.50. The summed E-state index contributed by atoms with van der Waals surface area (Å²) in [6, 6.07) is 9.90. The molecule has 1 aromatic rings. The van der Waals surface area contributed by atoms with Gasteiger partial charge in [0.15, 0.2) is 0 Å². The minimum Gasteiger partial charge on any atom is -0.450 e. The van der Waals surface area contributed by atoms with Crippen molar-refractivity contribution in [2.45, 2.75) is 38.7 Å². The van der Waals surface area contributed by atoms with Crippen LogP contribution in [0, 0.1) is 0 Å². The number of hydrogen-bond donors (Lipinski definition) is 1. The Bertz CT molecular complexity index is 746. The highest BCUT2D eigenvalue weighted by molar-refractivity contribution is 6.07. The van der Waals surface area contributed by atoms with Gasteiger partial charge >= 0.3 is 5.97 Å². The smallest absolute Gasteiger partial charge is 0.335 e. The second-order valence-electron chi connectivity index (χ2n) is 6.88. The lowest BCUT2D eigenvalue weighted by molar-refractivity contribution is -0.152. The van der Waals surface area contributed by atoms with E-state index in [-0.39, 0.29) is 11.8 Å². The molecule has 0 unspecified atom stereocenters. The fourth-order valence-corrected chi connectivity index (χ4v) is 3.71. The number of amides is 2. The number of nitrogens with zero attached hydrogens (tertiary/aromatic N) is 1. The predicted octanol–water partition coefficient (Wildman–Crippen LogP) is 1.60. The minimum absolute atomic E-state index is 0.00117. The van der Waals surface area contributed by atoms with Crippen molar-refractivity contribution in [3.05, 3.63) is 47.0 Å². The van der Waals surface area contributed by atoms with Gasteiger partial charge in [0.25, 0.3) is 5.91 Å². The van der Waals surface area contributed by atoms with Crippen molar-refractivity contribution in [1.82, 2.24) is 10.2 Å². The molecule has 138 valence electrons. The Morgan fingerprint density at radius 3 is 2.46 bits per heavy atom. The van der Waals surface area contributed by atoms with Crippen molar-refractivity contribution in [2.24, 2.45) is 0 Å². The molecule has 1 N–H and O–H groups in total. The molecule has 2 heterocycles. The zero-order valence-electron chi connectivity index (χ0n) is 15.2. The summed E-state index contributed by atoms with van der Waals surface area (Å²) in [5.74, 6) is -0.686. The summed E-state index contributed by atoms with van der Waals surface area (Å²) < 4.78 is 5.62. The lowest BCUT2D eigenvalue weighted by atomic mass is 9.82. The summed E-state index contributed by atoms with van der Waals surface area (Å²) in [7, 11) is 0. The number of carbonyl (C=O) groups is 3. The molecule has 6 heteroatoms. The fraction of sp³-hybridized carbons (Fsp3) is 0.450. The monoisotopic (exact) mass is 356 g/mol. The van der Waals surface area contributed by atoms with Gasteiger partial charge < -0.3 is 15.0 Å². The Hall–Kier alpha value is -2.63. The number of esters is 1. The molecule has 0 aromatic heterocycles. The Morgan fingerprint density at radius 1 is 1.19 bits per heavy atom. The van der Waals surface area contributed by atoms with E-state index in [1.54, 1.807) is 11.8 Å². The summed E-state index contributed by atoms with van der Waals surface area (Å²) >= 11 is 0. The van der Waals surface area contributed by atoms with Crippen LogP contribution in [0.3, 0.4) is 0 Å².